The highest BCUT2D eigenvalue weighted by Gasteiger charge is 2.17. The molecule has 6 nitrogen and oxygen atoms in total. The van der Waals surface area contributed by atoms with E-state index in [4.69, 9.17) is 10.8 Å². The molecule has 0 bridgehead atoms. The summed E-state index contributed by atoms with van der Waals surface area (Å²) in [6, 6.07) is 2.17. The lowest BCUT2D eigenvalue weighted by Crippen LogP contribution is -2.30. The molecule has 0 aliphatic heterocycles. The van der Waals surface area contributed by atoms with Crippen molar-refractivity contribution in [2.75, 3.05) is 30.4 Å². The third kappa shape index (κ3) is 23.6. The largest absolute Gasteiger partial charge is 0.513 e. The van der Waals surface area contributed by atoms with Gasteiger partial charge in [-0.3, -0.25) is 4.79 Å². The summed E-state index contributed by atoms with van der Waals surface area (Å²) in [5.74, 6) is 2.26. The fourth-order valence-electron chi connectivity index (χ4n) is 4.28. The molecule has 0 saturated heterocycles. The smallest absolute Gasteiger partial charge is 0.208 e. The molecule has 0 amide bonds. The Kier molecular flexibility index (Phi) is 30.7. The molecule has 1 heterocycles. The normalized spacial score (nSPS) is 13.0. The van der Waals surface area contributed by atoms with Crippen molar-refractivity contribution in [3.05, 3.63) is 77.6 Å². The highest BCUT2D eigenvalue weighted by atomic mass is 19.1. The second-order valence-electron chi connectivity index (χ2n) is 12.1. The minimum Gasteiger partial charge on any atom is -0.513 e. The lowest BCUT2D eigenvalue weighted by atomic mass is 9.96. The van der Waals surface area contributed by atoms with E-state index in [0.29, 0.717) is 22.8 Å². The number of anilines is 2. The Bertz CT molecular complexity index is 1100. The van der Waals surface area contributed by atoms with Crippen LogP contribution in [0.5, 0.6) is 0 Å². The molecule has 1 unspecified atom stereocenters. The first kappa shape index (κ1) is 48.1. The number of carbonyl (C=O) groups is 1. The third-order valence-electron chi connectivity index (χ3n) is 7.23. The first-order valence-corrected chi connectivity index (χ1v) is 17.6. The standard InChI is InChI=1S/C15H27N3.C9H20.C8H11FO.C5H5NO.C3H8/c1-6-8-18(11-12(3)7-2)15-13(4)9-14(16-5)10-17-15;1-4-7-9(6-3)8-5-2;1-4-6(2)8(9)5-7(3)10;1-3-2-4(6)5(3)7;1-3-2/h9-10,12,16H,6-8,11H2,1-5H3;9H,4-8H2,1-3H3;4-5,10H,1H2,2-3H3;2H,1,6H2;3H2,1-2H3/b;;7-5+,8-6+;;. The Hall–Kier alpha value is -3.35. The van der Waals surface area contributed by atoms with E-state index in [1.165, 1.54) is 63.5 Å². The molecule has 1 aliphatic carbocycles. The molecule has 0 saturated carbocycles. The maximum Gasteiger partial charge on any atom is 0.208 e. The molecule has 1 aliphatic rings. The van der Waals surface area contributed by atoms with Gasteiger partial charge in [-0.2, -0.15) is 0 Å². The molecule has 1 atom stereocenters. The van der Waals surface area contributed by atoms with E-state index in [-0.39, 0.29) is 11.5 Å². The molecular formula is C40H71FN4O2. The summed E-state index contributed by atoms with van der Waals surface area (Å²) in [4.78, 5) is 17.3. The second kappa shape index (κ2) is 30.0. The molecule has 0 spiro atoms. The van der Waals surface area contributed by atoms with Crippen molar-refractivity contribution in [3.63, 3.8) is 0 Å². The van der Waals surface area contributed by atoms with Gasteiger partial charge in [-0.1, -0.05) is 120 Å². The minimum atomic E-state index is -0.449. The Morgan fingerprint density at radius 1 is 1.09 bits per heavy atom. The van der Waals surface area contributed by atoms with Crippen LogP contribution in [-0.2, 0) is 4.79 Å². The summed E-state index contributed by atoms with van der Waals surface area (Å²) in [5.41, 5.74) is 8.65. The van der Waals surface area contributed by atoms with Gasteiger partial charge < -0.3 is 21.1 Å². The minimum absolute atomic E-state index is 0.0429. The van der Waals surface area contributed by atoms with Crippen LogP contribution in [0.1, 0.15) is 126 Å². The first-order valence-electron chi connectivity index (χ1n) is 17.6. The number of Topliss-reactive ketones (excluding diaryl/α,β-unsaturated/α-hetero) is 1. The maximum atomic E-state index is 12.6. The molecule has 270 valence electrons. The van der Waals surface area contributed by atoms with Crippen LogP contribution < -0.4 is 16.0 Å². The van der Waals surface area contributed by atoms with Crippen LogP contribution in [0.15, 0.2) is 72.1 Å². The lowest BCUT2D eigenvalue weighted by molar-refractivity contribution is -0.113. The van der Waals surface area contributed by atoms with Crippen LogP contribution in [0, 0.1) is 18.8 Å². The molecule has 47 heavy (non-hydrogen) atoms. The van der Waals surface area contributed by atoms with E-state index < -0.39 is 5.83 Å². The number of hydrogen-bond donors (Lipinski definition) is 3. The molecule has 7 heteroatoms. The van der Waals surface area contributed by atoms with E-state index in [9.17, 15) is 9.18 Å². The number of aliphatic hydroxyl groups excluding tert-OH is 1. The summed E-state index contributed by atoms with van der Waals surface area (Å²) in [6.45, 7) is 32.0. The van der Waals surface area contributed by atoms with Crippen LogP contribution in [0.4, 0.5) is 15.9 Å². The maximum absolute atomic E-state index is 12.6. The van der Waals surface area contributed by atoms with Crippen molar-refractivity contribution in [1.29, 1.82) is 0 Å². The molecule has 0 radical (unpaired) electrons. The van der Waals surface area contributed by atoms with Crippen molar-refractivity contribution in [2.24, 2.45) is 17.6 Å². The quantitative estimate of drug-likeness (QED) is 0.105. The number of nitrogens with zero attached hydrogens (tertiary/aromatic N) is 2. The lowest BCUT2D eigenvalue weighted by Gasteiger charge is -2.27. The number of ketones is 1. The van der Waals surface area contributed by atoms with Crippen molar-refractivity contribution in [3.8, 4) is 0 Å². The number of pyridine rings is 1. The summed E-state index contributed by atoms with van der Waals surface area (Å²) < 4.78 is 12.6. The van der Waals surface area contributed by atoms with E-state index in [0.717, 1.165) is 43.0 Å². The predicted molar refractivity (Wildman–Crippen MR) is 207 cm³/mol. The first-order chi connectivity index (χ1) is 22.2. The molecular weight excluding hydrogens is 587 g/mol. The zero-order valence-electron chi connectivity index (χ0n) is 32.2. The van der Waals surface area contributed by atoms with Gasteiger partial charge in [-0.25, -0.2) is 9.37 Å². The van der Waals surface area contributed by atoms with Crippen LogP contribution in [-0.4, -0.2) is 36.0 Å². The number of hydrogen-bond acceptors (Lipinski definition) is 6. The van der Waals surface area contributed by atoms with Gasteiger partial charge in [0.2, 0.25) is 5.78 Å². The summed E-state index contributed by atoms with van der Waals surface area (Å²) >= 11 is 0. The Labute approximate surface area is 289 Å². The van der Waals surface area contributed by atoms with Gasteiger partial charge in [0, 0.05) is 31.8 Å². The van der Waals surface area contributed by atoms with Gasteiger partial charge in [0.05, 0.1) is 23.3 Å². The Balaban J connectivity index is -0.000000570. The van der Waals surface area contributed by atoms with E-state index >= 15 is 0 Å². The van der Waals surface area contributed by atoms with Gasteiger partial charge in [-0.15, -0.1) is 0 Å². The number of aliphatic hydroxyl groups is 1. The zero-order chi connectivity index (χ0) is 36.9. The topological polar surface area (TPSA) is 91.5 Å². The van der Waals surface area contributed by atoms with Gasteiger partial charge in [-0.05, 0) is 62.3 Å². The Morgan fingerprint density at radius 2 is 1.64 bits per heavy atom. The van der Waals surface area contributed by atoms with Gasteiger partial charge in [0.25, 0.3) is 0 Å². The van der Waals surface area contributed by atoms with Gasteiger partial charge >= 0.3 is 0 Å². The number of nitrogens with one attached hydrogen (secondary N) is 1. The van der Waals surface area contributed by atoms with E-state index in [2.05, 4.69) is 96.7 Å². The van der Waals surface area contributed by atoms with Gasteiger partial charge in [0.1, 0.15) is 11.6 Å². The second-order valence-corrected chi connectivity index (χ2v) is 12.1. The van der Waals surface area contributed by atoms with Crippen LogP contribution in [0.3, 0.4) is 0 Å². The Morgan fingerprint density at radius 3 is 1.94 bits per heavy atom. The van der Waals surface area contributed by atoms with E-state index in [1.54, 1.807) is 13.0 Å². The summed E-state index contributed by atoms with van der Waals surface area (Å²) in [6.07, 6.45) is 16.5. The highest BCUT2D eigenvalue weighted by molar-refractivity contribution is 6.16. The third-order valence-corrected chi connectivity index (χ3v) is 7.23. The number of halogens is 1. The predicted octanol–water partition coefficient (Wildman–Crippen LogP) is 11.6. The van der Waals surface area contributed by atoms with Crippen molar-refractivity contribution in [1.82, 2.24) is 4.98 Å². The number of allylic oxidation sites excluding steroid dienone is 7. The van der Waals surface area contributed by atoms with Crippen molar-refractivity contribution in [2.45, 2.75) is 128 Å². The fraction of sp³-hybridized carbons (Fsp3) is 0.600. The molecule has 1 aromatic rings. The van der Waals surface area contributed by atoms with Crippen LogP contribution >= 0.6 is 0 Å². The van der Waals surface area contributed by atoms with Crippen LogP contribution in [0.2, 0.25) is 0 Å². The highest BCUT2D eigenvalue weighted by Crippen LogP contribution is 2.22. The van der Waals surface area contributed by atoms with Crippen molar-refractivity contribution >= 4 is 17.3 Å². The molecule has 1 aromatic heterocycles. The number of carbonyl (C=O) groups excluding carboxylic acids is 1. The number of rotatable bonds is 14. The van der Waals surface area contributed by atoms with Gasteiger partial charge in [0.15, 0.2) is 0 Å². The molecule has 0 aromatic carbocycles. The zero-order valence-corrected chi connectivity index (χ0v) is 32.2. The SMILES string of the molecule is C=C/C(C)=C(F)\C=C(/C)O.C=C1C=C(N)C1=O.CCC.CCCC(CC)CCC.CCCN(CC(C)CC)c1ncc(NC)cc1C. The average molecular weight is 659 g/mol. The molecule has 4 N–H and O–H groups in total. The van der Waals surface area contributed by atoms with Crippen LogP contribution in [0.25, 0.3) is 0 Å². The van der Waals surface area contributed by atoms with Crippen molar-refractivity contribution < 1.29 is 14.3 Å². The summed E-state index contributed by atoms with van der Waals surface area (Å²) in [7, 11) is 1.93. The number of aryl methyl sites for hydroxylation is 1. The fourth-order valence-corrected chi connectivity index (χ4v) is 4.28. The molecule has 0 fully saturated rings. The number of nitrogens with two attached hydrogens (primary N) is 1. The monoisotopic (exact) mass is 659 g/mol. The number of aromatic nitrogens is 1. The van der Waals surface area contributed by atoms with E-state index in [1.807, 2.05) is 13.2 Å². The summed E-state index contributed by atoms with van der Waals surface area (Å²) in [5, 5.41) is 11.8. The molecule has 2 rings (SSSR count). The average Bonchev–Trinajstić information content (AvgIpc) is 3.04.